The van der Waals surface area contributed by atoms with Crippen molar-refractivity contribution in [2.75, 3.05) is 0 Å². The highest BCUT2D eigenvalue weighted by Crippen LogP contribution is 2.55. The summed E-state index contributed by atoms with van der Waals surface area (Å²) in [4.78, 5) is 0. The molecule has 2 N–H and O–H groups in total. The second kappa shape index (κ2) is 4.73. The van der Waals surface area contributed by atoms with E-state index in [2.05, 4.69) is 6.92 Å². The van der Waals surface area contributed by atoms with E-state index in [1.807, 2.05) is 6.07 Å². The first-order chi connectivity index (χ1) is 9.43. The van der Waals surface area contributed by atoms with Crippen LogP contribution in [0, 0.1) is 24.1 Å². The molecule has 0 amide bonds. The number of halogens is 1. The van der Waals surface area contributed by atoms with E-state index in [0.717, 1.165) is 37.7 Å². The highest BCUT2D eigenvalue weighted by Gasteiger charge is 2.49. The van der Waals surface area contributed by atoms with E-state index in [9.17, 15) is 14.6 Å². The lowest BCUT2D eigenvalue weighted by molar-refractivity contribution is 0.00864. The fourth-order valence-corrected chi connectivity index (χ4v) is 4.41. The molecule has 110 valence electrons. The lowest BCUT2D eigenvalue weighted by atomic mass is 9.64. The molecule has 2 aliphatic rings. The van der Waals surface area contributed by atoms with E-state index in [0.29, 0.717) is 17.4 Å². The zero-order valence-electron chi connectivity index (χ0n) is 12.2. The van der Waals surface area contributed by atoms with Gasteiger partial charge in [0.15, 0.2) is 11.6 Å². The summed E-state index contributed by atoms with van der Waals surface area (Å²) < 4.78 is 13.9. The van der Waals surface area contributed by atoms with Crippen LogP contribution >= 0.6 is 0 Å². The van der Waals surface area contributed by atoms with Crippen molar-refractivity contribution in [3.8, 4) is 5.75 Å². The maximum absolute atomic E-state index is 13.9. The van der Waals surface area contributed by atoms with Crippen LogP contribution in [0.25, 0.3) is 0 Å². The summed E-state index contributed by atoms with van der Waals surface area (Å²) in [7, 11) is 0. The molecule has 0 bridgehead atoms. The summed E-state index contributed by atoms with van der Waals surface area (Å²) in [5.41, 5.74) is 1.67. The van der Waals surface area contributed by atoms with Gasteiger partial charge in [-0.25, -0.2) is 4.39 Å². The molecule has 2 nitrogen and oxygen atoms in total. The van der Waals surface area contributed by atoms with Crippen LogP contribution in [0.4, 0.5) is 4.39 Å². The number of aliphatic hydroxyl groups excluding tert-OH is 1. The van der Waals surface area contributed by atoms with Crippen LogP contribution in [0.15, 0.2) is 12.1 Å². The topological polar surface area (TPSA) is 40.5 Å². The summed E-state index contributed by atoms with van der Waals surface area (Å²) in [6.45, 7) is 3.96. The second-order valence-corrected chi connectivity index (χ2v) is 6.88. The van der Waals surface area contributed by atoms with Gasteiger partial charge in [0.2, 0.25) is 0 Å². The van der Waals surface area contributed by atoms with Gasteiger partial charge >= 0.3 is 0 Å². The Balaban J connectivity index is 1.86. The van der Waals surface area contributed by atoms with Crippen LogP contribution in [-0.4, -0.2) is 16.3 Å². The Hall–Kier alpha value is -1.09. The highest BCUT2D eigenvalue weighted by atomic mass is 19.1. The molecule has 0 saturated heterocycles. The van der Waals surface area contributed by atoms with Crippen LogP contribution in [0.5, 0.6) is 5.75 Å². The molecular formula is C17H23FO2. The van der Waals surface area contributed by atoms with Crippen molar-refractivity contribution in [1.29, 1.82) is 0 Å². The van der Waals surface area contributed by atoms with Crippen molar-refractivity contribution in [3.63, 3.8) is 0 Å². The number of fused-ring (bicyclic) bond motifs is 1. The molecular weight excluding hydrogens is 255 g/mol. The molecule has 0 heterocycles. The average molecular weight is 278 g/mol. The van der Waals surface area contributed by atoms with E-state index < -0.39 is 5.82 Å². The predicted octanol–water partition coefficient (Wildman–Crippen LogP) is 3.88. The Bertz CT molecular complexity index is 528. The number of hydrogen-bond acceptors (Lipinski definition) is 2. The Morgan fingerprint density at radius 1 is 1.25 bits per heavy atom. The molecule has 1 aromatic carbocycles. The average Bonchev–Trinajstić information content (AvgIpc) is 2.72. The first-order valence-electron chi connectivity index (χ1n) is 7.59. The molecule has 2 saturated carbocycles. The Labute approximate surface area is 119 Å². The van der Waals surface area contributed by atoms with E-state index in [1.165, 1.54) is 6.07 Å². The SMILES string of the molecule is Cc1c(C2CC[C@@]3(C)[C@H](CC[C@@H]3O)C2)ccc(O)c1F. The van der Waals surface area contributed by atoms with Gasteiger partial charge in [0.25, 0.3) is 0 Å². The van der Waals surface area contributed by atoms with Gasteiger partial charge in [-0.15, -0.1) is 0 Å². The Morgan fingerprint density at radius 3 is 2.75 bits per heavy atom. The minimum absolute atomic E-state index is 0.0554. The third-order valence-electron chi connectivity index (χ3n) is 5.93. The lowest BCUT2D eigenvalue weighted by Gasteiger charge is -2.42. The minimum Gasteiger partial charge on any atom is -0.505 e. The second-order valence-electron chi connectivity index (χ2n) is 6.88. The van der Waals surface area contributed by atoms with Crippen LogP contribution in [0.3, 0.4) is 0 Å². The van der Waals surface area contributed by atoms with Crippen LogP contribution in [0.1, 0.15) is 56.1 Å². The Kier molecular flexibility index (Phi) is 3.28. The maximum Gasteiger partial charge on any atom is 0.167 e. The first-order valence-corrected chi connectivity index (χ1v) is 7.59. The number of phenolic OH excluding ortho intramolecular Hbond substituents is 1. The third-order valence-corrected chi connectivity index (χ3v) is 5.93. The molecule has 2 fully saturated rings. The van der Waals surface area contributed by atoms with Crippen molar-refractivity contribution in [1.82, 2.24) is 0 Å². The predicted molar refractivity (Wildman–Crippen MR) is 76.2 cm³/mol. The van der Waals surface area contributed by atoms with Gasteiger partial charge in [0.1, 0.15) is 0 Å². The standard InChI is InChI=1S/C17H23FO2/c1-10-13(4-5-14(19)16(10)18)11-7-8-17(2)12(9-11)3-6-15(17)20/h4-5,11-12,15,19-20H,3,6-9H2,1-2H3/t11?,12-,15+,17+/m1/s1. The van der Waals surface area contributed by atoms with Crippen molar-refractivity contribution < 1.29 is 14.6 Å². The summed E-state index contributed by atoms with van der Waals surface area (Å²) in [5.74, 6) is 0.145. The number of aromatic hydroxyl groups is 1. The van der Waals surface area contributed by atoms with Crippen LogP contribution in [0.2, 0.25) is 0 Å². The van der Waals surface area contributed by atoms with Gasteiger partial charge in [-0.2, -0.15) is 0 Å². The van der Waals surface area contributed by atoms with Crippen molar-refractivity contribution in [3.05, 3.63) is 29.1 Å². The van der Waals surface area contributed by atoms with Crippen molar-refractivity contribution >= 4 is 0 Å². The summed E-state index contributed by atoms with van der Waals surface area (Å²) in [6, 6.07) is 3.33. The molecule has 0 aromatic heterocycles. The zero-order valence-corrected chi connectivity index (χ0v) is 12.2. The first kappa shape index (κ1) is 13.9. The molecule has 0 spiro atoms. The zero-order chi connectivity index (χ0) is 14.5. The third kappa shape index (κ3) is 1.95. The van der Waals surface area contributed by atoms with Gasteiger partial charge in [0, 0.05) is 0 Å². The molecule has 3 heteroatoms. The monoisotopic (exact) mass is 278 g/mol. The summed E-state index contributed by atoms with van der Waals surface area (Å²) in [6.07, 6.45) is 4.83. The van der Waals surface area contributed by atoms with E-state index in [-0.39, 0.29) is 17.3 Å². The molecule has 3 rings (SSSR count). The molecule has 0 radical (unpaired) electrons. The van der Waals surface area contributed by atoms with E-state index in [4.69, 9.17) is 0 Å². The smallest absolute Gasteiger partial charge is 0.167 e. The van der Waals surface area contributed by atoms with Gasteiger partial charge < -0.3 is 10.2 Å². The number of aliphatic hydroxyl groups is 1. The highest BCUT2D eigenvalue weighted by molar-refractivity contribution is 5.38. The molecule has 0 aliphatic heterocycles. The summed E-state index contributed by atoms with van der Waals surface area (Å²) in [5, 5.41) is 19.6. The molecule has 20 heavy (non-hydrogen) atoms. The summed E-state index contributed by atoms with van der Waals surface area (Å²) >= 11 is 0. The fraction of sp³-hybridized carbons (Fsp3) is 0.647. The number of hydrogen-bond donors (Lipinski definition) is 2. The van der Waals surface area contributed by atoms with Gasteiger partial charge in [0.05, 0.1) is 6.10 Å². The largest absolute Gasteiger partial charge is 0.505 e. The van der Waals surface area contributed by atoms with Gasteiger partial charge in [-0.05, 0) is 73.5 Å². The van der Waals surface area contributed by atoms with Crippen LogP contribution in [-0.2, 0) is 0 Å². The maximum atomic E-state index is 13.9. The van der Waals surface area contributed by atoms with Crippen LogP contribution < -0.4 is 0 Å². The van der Waals surface area contributed by atoms with Gasteiger partial charge in [-0.3, -0.25) is 0 Å². The minimum atomic E-state index is -0.484. The van der Waals surface area contributed by atoms with E-state index in [1.54, 1.807) is 6.92 Å². The van der Waals surface area contributed by atoms with Crippen molar-refractivity contribution in [2.24, 2.45) is 11.3 Å². The Morgan fingerprint density at radius 2 is 2.00 bits per heavy atom. The number of rotatable bonds is 1. The van der Waals surface area contributed by atoms with E-state index >= 15 is 0 Å². The normalized spacial score (nSPS) is 36.9. The molecule has 1 unspecified atom stereocenters. The molecule has 4 atom stereocenters. The van der Waals surface area contributed by atoms with Gasteiger partial charge in [-0.1, -0.05) is 13.0 Å². The molecule has 1 aromatic rings. The lowest BCUT2D eigenvalue weighted by Crippen LogP contribution is -2.37. The quantitative estimate of drug-likeness (QED) is 0.818. The number of phenols is 1. The van der Waals surface area contributed by atoms with Crippen molar-refractivity contribution in [2.45, 2.75) is 58.0 Å². The molecule has 2 aliphatic carbocycles. The fourth-order valence-electron chi connectivity index (χ4n) is 4.41. The number of benzene rings is 1.